The lowest BCUT2D eigenvalue weighted by Gasteiger charge is -2.11. The lowest BCUT2D eigenvalue weighted by atomic mass is 9.99. The molecule has 2 heterocycles. The summed E-state index contributed by atoms with van der Waals surface area (Å²) in [5.74, 6) is -0.0260. The van der Waals surface area contributed by atoms with Gasteiger partial charge in [-0.15, -0.1) is 0 Å². The molecule has 0 aliphatic carbocycles. The average molecular weight is 420 g/mol. The predicted octanol–water partition coefficient (Wildman–Crippen LogP) is 6.10. The SMILES string of the molecule is CC[C@@H](C)c1ccc(NC(=O)c2cnn3c(C(F)F)cc(-c4ccccc4)nc23)cc1. The average Bonchev–Trinajstić information content (AvgIpc) is 3.23. The van der Waals surface area contributed by atoms with Gasteiger partial charge in [-0.3, -0.25) is 4.79 Å². The zero-order chi connectivity index (χ0) is 22.0. The number of fused-ring (bicyclic) bond motifs is 1. The standard InChI is InChI=1S/C24H22F2N4O/c1-3-15(2)16-9-11-18(12-10-16)28-24(31)19-14-27-30-21(22(25)26)13-20(29-23(19)30)17-7-5-4-6-8-17/h4-15,22H,3H2,1-2H3,(H,28,31)/t15-/m1/s1. The van der Waals surface area contributed by atoms with Crippen LogP contribution in [0.4, 0.5) is 14.5 Å². The monoisotopic (exact) mass is 420 g/mol. The van der Waals surface area contributed by atoms with Crippen LogP contribution in [0.3, 0.4) is 0 Å². The number of nitrogens with one attached hydrogen (secondary N) is 1. The van der Waals surface area contributed by atoms with E-state index in [2.05, 4.69) is 29.2 Å². The third kappa shape index (κ3) is 4.17. The number of benzene rings is 2. The number of carbonyl (C=O) groups is 1. The van der Waals surface area contributed by atoms with Gasteiger partial charge in [0.15, 0.2) is 5.65 Å². The Hall–Kier alpha value is -3.61. The van der Waals surface area contributed by atoms with Gasteiger partial charge in [0.1, 0.15) is 11.3 Å². The van der Waals surface area contributed by atoms with Crippen molar-refractivity contribution in [3.63, 3.8) is 0 Å². The zero-order valence-corrected chi connectivity index (χ0v) is 17.2. The molecule has 2 aromatic heterocycles. The Morgan fingerprint density at radius 2 is 1.81 bits per heavy atom. The molecular formula is C24H22F2N4O. The van der Waals surface area contributed by atoms with E-state index >= 15 is 0 Å². The van der Waals surface area contributed by atoms with Gasteiger partial charge in [0.2, 0.25) is 0 Å². The molecule has 5 nitrogen and oxygen atoms in total. The number of anilines is 1. The fourth-order valence-electron chi connectivity index (χ4n) is 3.39. The second-order valence-electron chi connectivity index (χ2n) is 7.41. The number of carbonyl (C=O) groups excluding carboxylic acids is 1. The predicted molar refractivity (Wildman–Crippen MR) is 116 cm³/mol. The normalized spacial score (nSPS) is 12.3. The van der Waals surface area contributed by atoms with Gasteiger partial charge in [0.05, 0.1) is 11.9 Å². The third-order valence-electron chi connectivity index (χ3n) is 5.39. The summed E-state index contributed by atoms with van der Waals surface area (Å²) in [6.45, 7) is 4.26. The highest BCUT2D eigenvalue weighted by Crippen LogP contribution is 2.27. The smallest absolute Gasteiger partial charge is 0.280 e. The van der Waals surface area contributed by atoms with Gasteiger partial charge in [-0.25, -0.2) is 18.3 Å². The van der Waals surface area contributed by atoms with E-state index in [0.29, 0.717) is 22.9 Å². The minimum absolute atomic E-state index is 0.0883. The van der Waals surface area contributed by atoms with Crippen LogP contribution in [0.2, 0.25) is 0 Å². The van der Waals surface area contributed by atoms with Crippen LogP contribution in [0.25, 0.3) is 16.9 Å². The number of nitrogens with zero attached hydrogens (tertiary/aromatic N) is 3. The van der Waals surface area contributed by atoms with Crippen molar-refractivity contribution in [3.8, 4) is 11.3 Å². The number of halogens is 2. The van der Waals surface area contributed by atoms with Gasteiger partial charge in [-0.1, -0.05) is 56.3 Å². The Balaban J connectivity index is 1.70. The number of hydrogen-bond donors (Lipinski definition) is 1. The van der Waals surface area contributed by atoms with Gasteiger partial charge >= 0.3 is 0 Å². The molecule has 0 unspecified atom stereocenters. The van der Waals surface area contributed by atoms with E-state index in [1.807, 2.05) is 30.3 Å². The van der Waals surface area contributed by atoms with Gasteiger partial charge < -0.3 is 5.32 Å². The molecule has 31 heavy (non-hydrogen) atoms. The molecule has 0 radical (unpaired) electrons. The lowest BCUT2D eigenvalue weighted by molar-refractivity contribution is 0.102. The maximum atomic E-state index is 13.7. The quantitative estimate of drug-likeness (QED) is 0.410. The number of alkyl halides is 2. The molecule has 0 saturated heterocycles. The summed E-state index contributed by atoms with van der Waals surface area (Å²) in [4.78, 5) is 17.4. The van der Waals surface area contributed by atoms with Crippen LogP contribution in [-0.2, 0) is 0 Å². The summed E-state index contributed by atoms with van der Waals surface area (Å²) in [6.07, 6.45) is -0.473. The Morgan fingerprint density at radius 1 is 1.10 bits per heavy atom. The molecule has 0 spiro atoms. The number of hydrogen-bond acceptors (Lipinski definition) is 3. The van der Waals surface area contributed by atoms with Crippen LogP contribution in [-0.4, -0.2) is 20.5 Å². The van der Waals surface area contributed by atoms with Crippen LogP contribution in [0, 0.1) is 0 Å². The highest BCUT2D eigenvalue weighted by atomic mass is 19.3. The molecule has 1 atom stereocenters. The van der Waals surface area contributed by atoms with Crippen molar-refractivity contribution in [1.82, 2.24) is 14.6 Å². The highest BCUT2D eigenvalue weighted by Gasteiger charge is 2.21. The summed E-state index contributed by atoms with van der Waals surface area (Å²) >= 11 is 0. The summed E-state index contributed by atoms with van der Waals surface area (Å²) in [5.41, 5.74) is 2.74. The second-order valence-corrected chi connectivity index (χ2v) is 7.41. The van der Waals surface area contributed by atoms with Crippen LogP contribution in [0.1, 0.15) is 54.2 Å². The molecule has 0 aliphatic rings. The number of amides is 1. The van der Waals surface area contributed by atoms with Crippen molar-refractivity contribution >= 4 is 17.2 Å². The Morgan fingerprint density at radius 3 is 2.45 bits per heavy atom. The Bertz CT molecular complexity index is 1200. The van der Waals surface area contributed by atoms with Gasteiger partial charge in [0, 0.05) is 11.3 Å². The Labute approximate surface area is 178 Å². The molecule has 1 amide bonds. The molecule has 4 aromatic rings. The molecule has 0 fully saturated rings. The van der Waals surface area contributed by atoms with E-state index in [-0.39, 0.29) is 16.9 Å². The lowest BCUT2D eigenvalue weighted by Crippen LogP contribution is -2.13. The minimum atomic E-state index is -2.77. The minimum Gasteiger partial charge on any atom is -0.322 e. The molecule has 158 valence electrons. The number of aromatic nitrogens is 3. The zero-order valence-electron chi connectivity index (χ0n) is 17.2. The van der Waals surface area contributed by atoms with E-state index in [9.17, 15) is 13.6 Å². The second kappa shape index (κ2) is 8.63. The molecule has 0 aliphatic heterocycles. The maximum Gasteiger partial charge on any atom is 0.280 e. The van der Waals surface area contributed by atoms with Gasteiger partial charge in [0.25, 0.3) is 12.3 Å². The van der Waals surface area contributed by atoms with Crippen LogP contribution in [0.5, 0.6) is 0 Å². The van der Waals surface area contributed by atoms with Gasteiger partial charge in [-0.2, -0.15) is 5.10 Å². The fraction of sp³-hybridized carbons (Fsp3) is 0.208. The topological polar surface area (TPSA) is 59.3 Å². The van der Waals surface area contributed by atoms with Crippen molar-refractivity contribution in [1.29, 1.82) is 0 Å². The van der Waals surface area contributed by atoms with Crippen molar-refractivity contribution in [2.24, 2.45) is 0 Å². The first-order chi connectivity index (χ1) is 15.0. The van der Waals surface area contributed by atoms with E-state index in [4.69, 9.17) is 0 Å². The van der Waals surface area contributed by atoms with E-state index in [1.54, 1.807) is 24.3 Å². The highest BCUT2D eigenvalue weighted by molar-refractivity contribution is 6.08. The molecule has 1 N–H and O–H groups in total. The third-order valence-corrected chi connectivity index (χ3v) is 5.39. The van der Waals surface area contributed by atoms with Crippen LogP contribution < -0.4 is 5.32 Å². The van der Waals surface area contributed by atoms with Crippen LogP contribution >= 0.6 is 0 Å². The van der Waals surface area contributed by atoms with E-state index in [0.717, 1.165) is 10.9 Å². The first-order valence-corrected chi connectivity index (χ1v) is 10.1. The molecular weight excluding hydrogens is 398 g/mol. The largest absolute Gasteiger partial charge is 0.322 e. The summed E-state index contributed by atoms with van der Waals surface area (Å²) < 4.78 is 28.4. The van der Waals surface area contributed by atoms with Crippen LogP contribution in [0.15, 0.2) is 66.9 Å². The first-order valence-electron chi connectivity index (χ1n) is 10.1. The molecule has 0 bridgehead atoms. The van der Waals surface area contributed by atoms with Gasteiger partial charge in [-0.05, 0) is 36.1 Å². The summed E-state index contributed by atoms with van der Waals surface area (Å²) in [6, 6.07) is 17.9. The molecule has 4 rings (SSSR count). The molecule has 7 heteroatoms. The van der Waals surface area contributed by atoms with Crippen molar-refractivity contribution in [2.45, 2.75) is 32.6 Å². The number of rotatable bonds is 6. The summed E-state index contributed by atoms with van der Waals surface area (Å²) in [5, 5.41) is 6.81. The molecule has 2 aromatic carbocycles. The van der Waals surface area contributed by atoms with Crippen molar-refractivity contribution in [2.75, 3.05) is 5.32 Å². The first kappa shape index (κ1) is 20.7. The molecule has 0 saturated carbocycles. The summed E-state index contributed by atoms with van der Waals surface area (Å²) in [7, 11) is 0. The Kier molecular flexibility index (Phi) is 5.75. The van der Waals surface area contributed by atoms with E-state index < -0.39 is 12.3 Å². The van der Waals surface area contributed by atoms with E-state index in [1.165, 1.54) is 17.8 Å². The maximum absolute atomic E-state index is 13.7. The van der Waals surface area contributed by atoms with Crippen molar-refractivity contribution < 1.29 is 13.6 Å². The van der Waals surface area contributed by atoms with Crippen molar-refractivity contribution in [3.05, 3.63) is 83.7 Å². The fourth-order valence-corrected chi connectivity index (χ4v) is 3.39.